The molecule has 41 heavy (non-hydrogen) atoms. The number of rotatable bonds is 13. The summed E-state index contributed by atoms with van der Waals surface area (Å²) >= 11 is 0. The Balaban J connectivity index is 0.00000226. The summed E-state index contributed by atoms with van der Waals surface area (Å²) in [5, 5.41) is 23.1. The number of aliphatic hydroxyl groups excluding tert-OH is 1. The molecule has 0 aliphatic carbocycles. The Morgan fingerprint density at radius 2 is 1.46 bits per heavy atom. The molecule has 1 N–H and O–H groups in total. The lowest BCUT2D eigenvalue weighted by atomic mass is 10.0. The molecule has 7 heteroatoms. The summed E-state index contributed by atoms with van der Waals surface area (Å²) in [5.74, 6) is 0.981. The standard InChI is InChI=1S/C32H34N2O5.C2H6/c1-24(19-25-13-16-29(38-2)17-14-25)33(21-26-9-5-3-6-10-26)22-31(35)28-15-18-32(30(20-28)34(36)37)39-23-27-11-7-4-8-12-27;1-2/h3-18,20,24,31,35H,19,21-23H2,1-2H3;1-2H3. The SMILES string of the molecule is CC.COc1ccc(CC(C)N(Cc2ccccc2)CC(O)c2ccc(OCc3ccccc3)c([N+](=O)[O-])c2)cc1. The van der Waals surface area contributed by atoms with Crippen LogP contribution in [-0.4, -0.2) is 34.6 Å². The van der Waals surface area contributed by atoms with E-state index in [-0.39, 0.29) is 24.1 Å². The molecule has 0 saturated heterocycles. The topological polar surface area (TPSA) is 85.1 Å². The van der Waals surface area contributed by atoms with Crippen molar-refractivity contribution in [1.82, 2.24) is 4.90 Å². The highest BCUT2D eigenvalue weighted by Gasteiger charge is 2.23. The van der Waals surface area contributed by atoms with Gasteiger partial charge in [0.2, 0.25) is 0 Å². The van der Waals surface area contributed by atoms with Crippen LogP contribution in [0.1, 0.15) is 49.1 Å². The number of nitro benzene ring substituents is 1. The van der Waals surface area contributed by atoms with E-state index in [0.29, 0.717) is 18.7 Å². The van der Waals surface area contributed by atoms with E-state index in [0.717, 1.165) is 28.9 Å². The van der Waals surface area contributed by atoms with Gasteiger partial charge in [0.25, 0.3) is 0 Å². The van der Waals surface area contributed by atoms with Crippen molar-refractivity contribution in [1.29, 1.82) is 0 Å². The molecule has 0 fully saturated rings. The summed E-state index contributed by atoms with van der Waals surface area (Å²) in [7, 11) is 1.65. The van der Waals surface area contributed by atoms with Crippen LogP contribution in [0.3, 0.4) is 0 Å². The lowest BCUT2D eigenvalue weighted by Gasteiger charge is -2.31. The molecule has 2 unspecified atom stereocenters. The summed E-state index contributed by atoms with van der Waals surface area (Å²) in [6.45, 7) is 7.29. The molecule has 0 radical (unpaired) electrons. The van der Waals surface area contributed by atoms with E-state index in [4.69, 9.17) is 9.47 Å². The molecule has 0 spiro atoms. The Bertz CT molecular complexity index is 1330. The highest BCUT2D eigenvalue weighted by Crippen LogP contribution is 2.32. The van der Waals surface area contributed by atoms with Gasteiger partial charge in [-0.2, -0.15) is 0 Å². The highest BCUT2D eigenvalue weighted by molar-refractivity contribution is 5.49. The second kappa shape index (κ2) is 16.2. The van der Waals surface area contributed by atoms with Gasteiger partial charge in [0, 0.05) is 25.2 Å². The van der Waals surface area contributed by atoms with Gasteiger partial charge in [0.15, 0.2) is 5.75 Å². The Morgan fingerprint density at radius 1 is 0.854 bits per heavy atom. The van der Waals surface area contributed by atoms with Gasteiger partial charge in [-0.3, -0.25) is 15.0 Å². The van der Waals surface area contributed by atoms with Crippen LogP contribution >= 0.6 is 0 Å². The quantitative estimate of drug-likeness (QED) is 0.137. The smallest absolute Gasteiger partial charge is 0.311 e. The van der Waals surface area contributed by atoms with Crippen molar-refractivity contribution < 1.29 is 19.5 Å². The van der Waals surface area contributed by atoms with E-state index < -0.39 is 11.0 Å². The van der Waals surface area contributed by atoms with E-state index in [1.54, 1.807) is 19.2 Å². The molecule has 0 heterocycles. The van der Waals surface area contributed by atoms with Gasteiger partial charge in [0.1, 0.15) is 12.4 Å². The van der Waals surface area contributed by atoms with Crippen LogP contribution in [-0.2, 0) is 19.6 Å². The first-order valence-corrected chi connectivity index (χ1v) is 14.0. The first-order valence-electron chi connectivity index (χ1n) is 14.0. The molecule has 0 saturated carbocycles. The summed E-state index contributed by atoms with van der Waals surface area (Å²) in [6, 6.07) is 32.3. The number of hydrogen-bond donors (Lipinski definition) is 1. The minimum absolute atomic E-state index is 0.0942. The fraction of sp³-hybridized carbons (Fsp3) is 0.294. The van der Waals surface area contributed by atoms with Gasteiger partial charge in [-0.05, 0) is 53.8 Å². The molecule has 0 aromatic heterocycles. The maximum atomic E-state index is 11.9. The molecule has 4 aromatic rings. The van der Waals surface area contributed by atoms with E-state index in [1.807, 2.05) is 86.6 Å². The van der Waals surface area contributed by atoms with Gasteiger partial charge in [-0.25, -0.2) is 0 Å². The maximum absolute atomic E-state index is 11.9. The molecule has 4 aromatic carbocycles. The lowest BCUT2D eigenvalue weighted by Crippen LogP contribution is -2.37. The summed E-state index contributed by atoms with van der Waals surface area (Å²) in [5.41, 5.74) is 3.51. The lowest BCUT2D eigenvalue weighted by molar-refractivity contribution is -0.386. The van der Waals surface area contributed by atoms with Crippen LogP contribution in [0.15, 0.2) is 103 Å². The van der Waals surface area contributed by atoms with Crippen molar-refractivity contribution in [3.63, 3.8) is 0 Å². The Labute approximate surface area is 243 Å². The normalized spacial score (nSPS) is 12.1. The molecule has 216 valence electrons. The molecule has 0 amide bonds. The first-order chi connectivity index (χ1) is 19.9. The third-order valence-electron chi connectivity index (χ3n) is 6.75. The zero-order chi connectivity index (χ0) is 29.6. The van der Waals surface area contributed by atoms with Gasteiger partial charge >= 0.3 is 5.69 Å². The zero-order valence-corrected chi connectivity index (χ0v) is 24.3. The van der Waals surface area contributed by atoms with Crippen molar-refractivity contribution in [2.24, 2.45) is 0 Å². The number of hydrogen-bond acceptors (Lipinski definition) is 6. The van der Waals surface area contributed by atoms with E-state index >= 15 is 0 Å². The second-order valence-electron chi connectivity index (χ2n) is 9.59. The van der Waals surface area contributed by atoms with Crippen molar-refractivity contribution in [3.05, 3.63) is 135 Å². The van der Waals surface area contributed by atoms with Crippen molar-refractivity contribution in [2.75, 3.05) is 13.7 Å². The number of benzene rings is 4. The molecule has 0 aliphatic rings. The number of nitrogens with zero attached hydrogens (tertiary/aromatic N) is 2. The van der Waals surface area contributed by atoms with Crippen LogP contribution in [0.5, 0.6) is 11.5 Å². The summed E-state index contributed by atoms with van der Waals surface area (Å²) in [4.78, 5) is 13.6. The minimum atomic E-state index is -0.922. The molecule has 4 rings (SSSR count). The fourth-order valence-corrected chi connectivity index (χ4v) is 4.52. The van der Waals surface area contributed by atoms with Crippen molar-refractivity contribution >= 4 is 5.69 Å². The molecule has 7 nitrogen and oxygen atoms in total. The molecular weight excluding hydrogens is 516 g/mol. The largest absolute Gasteiger partial charge is 0.497 e. The van der Waals surface area contributed by atoms with Crippen LogP contribution < -0.4 is 9.47 Å². The van der Waals surface area contributed by atoms with Crippen LogP contribution in [0.4, 0.5) is 5.69 Å². The highest BCUT2D eigenvalue weighted by atomic mass is 16.6. The van der Waals surface area contributed by atoms with Crippen molar-refractivity contribution in [3.8, 4) is 11.5 Å². The fourth-order valence-electron chi connectivity index (χ4n) is 4.52. The van der Waals surface area contributed by atoms with Gasteiger partial charge < -0.3 is 14.6 Å². The first kappa shape index (κ1) is 31.3. The average Bonchev–Trinajstić information content (AvgIpc) is 3.02. The number of ether oxygens (including phenoxy) is 2. The van der Waals surface area contributed by atoms with Gasteiger partial charge in [-0.1, -0.05) is 92.7 Å². The molecule has 2 atom stereocenters. The van der Waals surface area contributed by atoms with E-state index in [1.165, 1.54) is 6.07 Å². The number of aliphatic hydroxyl groups is 1. The average molecular weight is 557 g/mol. The maximum Gasteiger partial charge on any atom is 0.311 e. The molecule has 0 aliphatic heterocycles. The predicted molar refractivity (Wildman–Crippen MR) is 163 cm³/mol. The van der Waals surface area contributed by atoms with E-state index in [2.05, 4.69) is 24.0 Å². The Morgan fingerprint density at radius 3 is 2.05 bits per heavy atom. The monoisotopic (exact) mass is 556 g/mol. The Kier molecular flexibility index (Phi) is 12.3. The predicted octanol–water partition coefficient (Wildman–Crippen LogP) is 7.38. The van der Waals surface area contributed by atoms with Gasteiger partial charge in [-0.15, -0.1) is 0 Å². The number of nitro groups is 1. The summed E-state index contributed by atoms with van der Waals surface area (Å²) in [6.07, 6.45) is -0.149. The molecular formula is C34H40N2O5. The number of methoxy groups -OCH3 is 1. The summed E-state index contributed by atoms with van der Waals surface area (Å²) < 4.78 is 11.0. The third-order valence-corrected chi connectivity index (χ3v) is 6.75. The van der Waals surface area contributed by atoms with Gasteiger partial charge in [0.05, 0.1) is 18.1 Å². The van der Waals surface area contributed by atoms with E-state index in [9.17, 15) is 15.2 Å². The Hall–Kier alpha value is -4.20. The molecule has 0 bridgehead atoms. The second-order valence-corrected chi connectivity index (χ2v) is 9.59. The zero-order valence-electron chi connectivity index (χ0n) is 24.3. The van der Waals surface area contributed by atoms with Crippen LogP contribution in [0.2, 0.25) is 0 Å². The van der Waals surface area contributed by atoms with Crippen LogP contribution in [0, 0.1) is 10.1 Å². The van der Waals surface area contributed by atoms with Crippen molar-refractivity contribution in [2.45, 2.75) is 52.5 Å². The van der Waals surface area contributed by atoms with Crippen LogP contribution in [0.25, 0.3) is 0 Å². The minimum Gasteiger partial charge on any atom is -0.497 e. The third kappa shape index (κ3) is 9.45.